The standard InChI is InChI=1S/C24H23BrN2O3/c1-17-8-10-22(12-18(17)2)29-16-24(28)27-26-14-20-13-21(25)9-11-23(20)30-15-19-6-4-3-5-7-19/h3-14H,15-16H2,1-2H3,(H,27,28)/b26-14+. The number of carbonyl (C=O) groups excluding carboxylic acids is 1. The predicted octanol–water partition coefficient (Wildman–Crippen LogP) is 5.17. The van der Waals surface area contributed by atoms with Crippen molar-refractivity contribution in [1.82, 2.24) is 5.43 Å². The van der Waals surface area contributed by atoms with Crippen LogP contribution in [0.4, 0.5) is 0 Å². The van der Waals surface area contributed by atoms with Crippen LogP contribution >= 0.6 is 15.9 Å². The quantitative estimate of drug-likeness (QED) is 0.367. The molecule has 3 aromatic carbocycles. The number of halogens is 1. The lowest BCUT2D eigenvalue weighted by atomic mass is 10.1. The molecule has 0 aliphatic heterocycles. The van der Waals surface area contributed by atoms with Crippen LogP contribution in [-0.2, 0) is 11.4 Å². The summed E-state index contributed by atoms with van der Waals surface area (Å²) in [5.41, 5.74) is 6.59. The lowest BCUT2D eigenvalue weighted by Crippen LogP contribution is -2.24. The molecule has 154 valence electrons. The van der Waals surface area contributed by atoms with E-state index in [-0.39, 0.29) is 12.5 Å². The van der Waals surface area contributed by atoms with Crippen molar-refractivity contribution >= 4 is 28.1 Å². The van der Waals surface area contributed by atoms with Crippen LogP contribution < -0.4 is 14.9 Å². The van der Waals surface area contributed by atoms with Crippen molar-refractivity contribution in [3.8, 4) is 11.5 Å². The van der Waals surface area contributed by atoms with Gasteiger partial charge in [0.2, 0.25) is 0 Å². The van der Waals surface area contributed by atoms with E-state index in [1.807, 2.05) is 80.6 Å². The third kappa shape index (κ3) is 6.46. The van der Waals surface area contributed by atoms with Crippen molar-refractivity contribution in [2.45, 2.75) is 20.5 Å². The van der Waals surface area contributed by atoms with Crippen molar-refractivity contribution in [1.29, 1.82) is 0 Å². The summed E-state index contributed by atoms with van der Waals surface area (Å²) in [6, 6.07) is 21.3. The Hall–Kier alpha value is -3.12. The van der Waals surface area contributed by atoms with E-state index in [4.69, 9.17) is 9.47 Å². The summed E-state index contributed by atoms with van der Waals surface area (Å²) in [6.07, 6.45) is 1.55. The number of ether oxygens (including phenoxy) is 2. The second-order valence-electron chi connectivity index (χ2n) is 6.78. The molecule has 0 bridgehead atoms. The summed E-state index contributed by atoms with van der Waals surface area (Å²) in [5, 5.41) is 4.04. The Labute approximate surface area is 184 Å². The van der Waals surface area contributed by atoms with E-state index < -0.39 is 0 Å². The zero-order valence-corrected chi connectivity index (χ0v) is 18.5. The van der Waals surface area contributed by atoms with Gasteiger partial charge in [0.1, 0.15) is 18.1 Å². The highest BCUT2D eigenvalue weighted by atomic mass is 79.9. The van der Waals surface area contributed by atoms with Crippen LogP contribution in [0.15, 0.2) is 76.3 Å². The van der Waals surface area contributed by atoms with E-state index in [9.17, 15) is 4.79 Å². The number of carbonyl (C=O) groups is 1. The molecule has 3 rings (SSSR count). The van der Waals surface area contributed by atoms with E-state index in [1.165, 1.54) is 5.56 Å². The summed E-state index contributed by atoms with van der Waals surface area (Å²) in [6.45, 7) is 4.36. The second-order valence-corrected chi connectivity index (χ2v) is 7.70. The molecule has 1 N–H and O–H groups in total. The molecule has 0 saturated carbocycles. The third-order valence-corrected chi connectivity index (χ3v) is 4.94. The topological polar surface area (TPSA) is 59.9 Å². The van der Waals surface area contributed by atoms with Gasteiger partial charge in [-0.2, -0.15) is 5.10 Å². The highest BCUT2D eigenvalue weighted by Crippen LogP contribution is 2.23. The molecule has 0 aliphatic carbocycles. The van der Waals surface area contributed by atoms with Crippen LogP contribution in [-0.4, -0.2) is 18.7 Å². The molecule has 0 aromatic heterocycles. The van der Waals surface area contributed by atoms with Gasteiger partial charge in [0, 0.05) is 10.0 Å². The zero-order valence-electron chi connectivity index (χ0n) is 16.9. The van der Waals surface area contributed by atoms with Crippen molar-refractivity contribution in [2.24, 2.45) is 5.10 Å². The number of benzene rings is 3. The maximum atomic E-state index is 12.0. The van der Waals surface area contributed by atoms with E-state index in [0.717, 1.165) is 21.2 Å². The summed E-state index contributed by atoms with van der Waals surface area (Å²) in [4.78, 5) is 12.0. The van der Waals surface area contributed by atoms with Gasteiger partial charge in [0.05, 0.1) is 6.21 Å². The number of aryl methyl sites for hydroxylation is 2. The molecule has 0 atom stereocenters. The fourth-order valence-electron chi connectivity index (χ4n) is 2.65. The number of hydrazone groups is 1. The Balaban J connectivity index is 1.56. The Morgan fingerprint density at radius 3 is 2.57 bits per heavy atom. The molecule has 0 saturated heterocycles. The van der Waals surface area contributed by atoms with Gasteiger partial charge in [-0.3, -0.25) is 4.79 Å². The minimum Gasteiger partial charge on any atom is -0.488 e. The smallest absolute Gasteiger partial charge is 0.277 e. The highest BCUT2D eigenvalue weighted by molar-refractivity contribution is 9.10. The molecule has 6 heteroatoms. The molecular weight excluding hydrogens is 444 g/mol. The Kier molecular flexibility index (Phi) is 7.63. The third-order valence-electron chi connectivity index (χ3n) is 4.45. The van der Waals surface area contributed by atoms with Crippen LogP contribution in [0.3, 0.4) is 0 Å². The van der Waals surface area contributed by atoms with E-state index >= 15 is 0 Å². The summed E-state index contributed by atoms with van der Waals surface area (Å²) in [5.74, 6) is 0.985. The van der Waals surface area contributed by atoms with Crippen molar-refractivity contribution < 1.29 is 14.3 Å². The first-order valence-electron chi connectivity index (χ1n) is 9.49. The molecule has 30 heavy (non-hydrogen) atoms. The fraction of sp³-hybridized carbons (Fsp3) is 0.167. The number of hydrogen-bond donors (Lipinski definition) is 1. The molecule has 0 radical (unpaired) electrons. The Morgan fingerprint density at radius 1 is 1.00 bits per heavy atom. The van der Waals surface area contributed by atoms with Gasteiger partial charge in [0.15, 0.2) is 6.61 Å². The van der Waals surface area contributed by atoms with Crippen LogP contribution in [0.1, 0.15) is 22.3 Å². The van der Waals surface area contributed by atoms with Crippen molar-refractivity contribution in [2.75, 3.05) is 6.61 Å². The van der Waals surface area contributed by atoms with Gasteiger partial charge in [-0.25, -0.2) is 5.43 Å². The molecule has 3 aromatic rings. The number of amides is 1. The van der Waals surface area contributed by atoms with Gasteiger partial charge in [-0.1, -0.05) is 52.3 Å². The average molecular weight is 467 g/mol. The number of rotatable bonds is 8. The lowest BCUT2D eigenvalue weighted by molar-refractivity contribution is -0.123. The molecule has 0 aliphatic rings. The first kappa shape index (κ1) is 21.6. The SMILES string of the molecule is Cc1ccc(OCC(=O)N/N=C/c2cc(Br)ccc2OCc2ccccc2)cc1C. The summed E-state index contributed by atoms with van der Waals surface area (Å²) < 4.78 is 12.3. The molecule has 0 unspecified atom stereocenters. The van der Waals surface area contributed by atoms with Crippen LogP contribution in [0.25, 0.3) is 0 Å². The zero-order chi connectivity index (χ0) is 21.3. The van der Waals surface area contributed by atoms with E-state index in [1.54, 1.807) is 6.21 Å². The minimum atomic E-state index is -0.341. The fourth-order valence-corrected chi connectivity index (χ4v) is 3.02. The molecule has 1 amide bonds. The molecular formula is C24H23BrN2O3. The monoisotopic (exact) mass is 466 g/mol. The molecule has 5 nitrogen and oxygen atoms in total. The van der Waals surface area contributed by atoms with E-state index in [0.29, 0.717) is 18.1 Å². The minimum absolute atomic E-state index is 0.115. The van der Waals surface area contributed by atoms with Crippen LogP contribution in [0.5, 0.6) is 11.5 Å². The number of hydrogen-bond acceptors (Lipinski definition) is 4. The molecule has 0 fully saturated rings. The molecule has 0 heterocycles. The van der Waals surface area contributed by atoms with Crippen molar-refractivity contribution in [3.63, 3.8) is 0 Å². The second kappa shape index (κ2) is 10.6. The van der Waals surface area contributed by atoms with Gasteiger partial charge in [-0.05, 0) is 60.9 Å². The van der Waals surface area contributed by atoms with Gasteiger partial charge in [-0.15, -0.1) is 0 Å². The van der Waals surface area contributed by atoms with Gasteiger partial charge < -0.3 is 9.47 Å². The van der Waals surface area contributed by atoms with Gasteiger partial charge >= 0.3 is 0 Å². The highest BCUT2D eigenvalue weighted by Gasteiger charge is 2.05. The van der Waals surface area contributed by atoms with Gasteiger partial charge in [0.25, 0.3) is 5.91 Å². The lowest BCUT2D eigenvalue weighted by Gasteiger charge is -2.10. The molecule has 0 spiro atoms. The summed E-state index contributed by atoms with van der Waals surface area (Å²) in [7, 11) is 0. The first-order valence-corrected chi connectivity index (χ1v) is 10.3. The van der Waals surface area contributed by atoms with Crippen LogP contribution in [0.2, 0.25) is 0 Å². The number of nitrogens with one attached hydrogen (secondary N) is 1. The normalized spacial score (nSPS) is 10.8. The Morgan fingerprint density at radius 2 is 1.80 bits per heavy atom. The largest absolute Gasteiger partial charge is 0.488 e. The van der Waals surface area contributed by atoms with E-state index in [2.05, 4.69) is 26.5 Å². The summed E-state index contributed by atoms with van der Waals surface area (Å²) >= 11 is 3.45. The Bertz CT molecular complexity index is 1040. The maximum absolute atomic E-state index is 12.0. The predicted molar refractivity (Wildman–Crippen MR) is 122 cm³/mol. The number of nitrogens with zero attached hydrogens (tertiary/aromatic N) is 1. The van der Waals surface area contributed by atoms with Crippen molar-refractivity contribution in [3.05, 3.63) is 93.5 Å². The maximum Gasteiger partial charge on any atom is 0.277 e. The van der Waals surface area contributed by atoms with Crippen LogP contribution in [0, 0.1) is 13.8 Å². The first-order chi connectivity index (χ1) is 14.5. The average Bonchev–Trinajstić information content (AvgIpc) is 2.75.